The molecule has 3 N–H and O–H groups in total. The Morgan fingerprint density at radius 3 is 2.52 bits per heavy atom. The van der Waals surface area contributed by atoms with E-state index in [0.717, 1.165) is 44.5 Å². The largest absolute Gasteiger partial charge is 0.497 e. The molecule has 0 radical (unpaired) electrons. The van der Waals surface area contributed by atoms with Crippen molar-refractivity contribution in [1.82, 2.24) is 10.6 Å². The molecule has 3 amide bonds. The van der Waals surface area contributed by atoms with Crippen LogP contribution < -0.4 is 20.7 Å². The number of benzene rings is 1. The van der Waals surface area contributed by atoms with Gasteiger partial charge in [0.15, 0.2) is 0 Å². The van der Waals surface area contributed by atoms with Crippen molar-refractivity contribution in [3.63, 3.8) is 0 Å². The molecule has 1 aromatic rings. The second-order valence-electron chi connectivity index (χ2n) is 7.30. The van der Waals surface area contributed by atoms with Crippen molar-refractivity contribution in [3.8, 4) is 5.75 Å². The molecule has 0 aromatic heterocycles. The topological polar surface area (TPSA) is 88.7 Å². The summed E-state index contributed by atoms with van der Waals surface area (Å²) in [6.07, 6.45) is 6.34. The fraction of sp³-hybridized carbons (Fsp3) is 0.600. The molecular weight excluding hydrogens is 346 g/mol. The first-order valence-corrected chi connectivity index (χ1v) is 9.74. The van der Waals surface area contributed by atoms with Crippen molar-refractivity contribution in [3.05, 3.63) is 24.3 Å². The summed E-state index contributed by atoms with van der Waals surface area (Å²) in [6.45, 7) is 1.26. The Bertz CT molecular complexity index is 635. The van der Waals surface area contributed by atoms with Crippen LogP contribution in [0.3, 0.4) is 0 Å². The number of anilines is 1. The number of methoxy groups -OCH3 is 1. The number of hydrogen-bond donors (Lipinski definition) is 3. The molecule has 27 heavy (non-hydrogen) atoms. The summed E-state index contributed by atoms with van der Waals surface area (Å²) < 4.78 is 10.7. The Hall–Kier alpha value is -2.28. The molecule has 1 aliphatic heterocycles. The highest BCUT2D eigenvalue weighted by atomic mass is 16.5. The highest BCUT2D eigenvalue weighted by Gasteiger charge is 2.41. The van der Waals surface area contributed by atoms with Gasteiger partial charge in [0.1, 0.15) is 11.3 Å². The van der Waals surface area contributed by atoms with Crippen LogP contribution in [0.25, 0.3) is 0 Å². The number of urea groups is 1. The van der Waals surface area contributed by atoms with E-state index in [-0.39, 0.29) is 18.0 Å². The van der Waals surface area contributed by atoms with Gasteiger partial charge < -0.3 is 25.4 Å². The van der Waals surface area contributed by atoms with Crippen molar-refractivity contribution in [1.29, 1.82) is 0 Å². The maximum atomic E-state index is 12.9. The van der Waals surface area contributed by atoms with Gasteiger partial charge in [-0.3, -0.25) is 4.79 Å². The van der Waals surface area contributed by atoms with E-state index in [9.17, 15) is 9.59 Å². The average Bonchev–Trinajstić information content (AvgIpc) is 3.21. The van der Waals surface area contributed by atoms with Crippen LogP contribution in [0.4, 0.5) is 10.5 Å². The normalized spacial score (nSPS) is 21.3. The number of nitrogens with one attached hydrogen (secondary N) is 3. The van der Waals surface area contributed by atoms with Crippen LogP contribution in [-0.4, -0.2) is 43.8 Å². The first-order valence-electron chi connectivity index (χ1n) is 9.74. The third-order valence-corrected chi connectivity index (χ3v) is 5.36. The van der Waals surface area contributed by atoms with E-state index in [1.807, 2.05) is 0 Å². The van der Waals surface area contributed by atoms with Gasteiger partial charge in [-0.1, -0.05) is 19.3 Å². The number of carbonyl (C=O) groups excluding carboxylic acids is 2. The summed E-state index contributed by atoms with van der Waals surface area (Å²) in [6, 6.07) is 6.72. The highest BCUT2D eigenvalue weighted by Crippen LogP contribution is 2.29. The van der Waals surface area contributed by atoms with Crippen molar-refractivity contribution >= 4 is 17.6 Å². The fourth-order valence-corrected chi connectivity index (χ4v) is 3.80. The van der Waals surface area contributed by atoms with Crippen molar-refractivity contribution < 1.29 is 19.1 Å². The van der Waals surface area contributed by atoms with Gasteiger partial charge in [0, 0.05) is 18.8 Å². The van der Waals surface area contributed by atoms with Crippen LogP contribution in [0.2, 0.25) is 0 Å². The predicted molar refractivity (Wildman–Crippen MR) is 103 cm³/mol. The van der Waals surface area contributed by atoms with Crippen molar-refractivity contribution in [2.45, 2.75) is 56.6 Å². The fourth-order valence-electron chi connectivity index (χ4n) is 3.80. The van der Waals surface area contributed by atoms with E-state index in [1.54, 1.807) is 31.4 Å². The summed E-state index contributed by atoms with van der Waals surface area (Å²) in [4.78, 5) is 25.5. The van der Waals surface area contributed by atoms with Crippen LogP contribution in [0, 0.1) is 0 Å². The minimum atomic E-state index is -0.854. The smallest absolute Gasteiger partial charge is 0.320 e. The minimum Gasteiger partial charge on any atom is -0.497 e. The van der Waals surface area contributed by atoms with Crippen LogP contribution in [0.5, 0.6) is 5.75 Å². The maximum Gasteiger partial charge on any atom is 0.320 e. The number of rotatable bonds is 6. The van der Waals surface area contributed by atoms with E-state index < -0.39 is 5.54 Å². The molecule has 1 aromatic carbocycles. The molecule has 1 saturated heterocycles. The number of carbonyl (C=O) groups is 2. The zero-order chi connectivity index (χ0) is 19.1. The van der Waals surface area contributed by atoms with E-state index in [2.05, 4.69) is 16.0 Å². The summed E-state index contributed by atoms with van der Waals surface area (Å²) in [5, 5.41) is 8.75. The Morgan fingerprint density at radius 2 is 1.89 bits per heavy atom. The van der Waals surface area contributed by atoms with Gasteiger partial charge in [0.2, 0.25) is 5.91 Å². The van der Waals surface area contributed by atoms with Gasteiger partial charge in [-0.2, -0.15) is 0 Å². The van der Waals surface area contributed by atoms with Crippen molar-refractivity contribution in [2.24, 2.45) is 0 Å². The van der Waals surface area contributed by atoms with Crippen LogP contribution >= 0.6 is 0 Å². The maximum absolute atomic E-state index is 12.9. The molecule has 1 saturated carbocycles. The van der Waals surface area contributed by atoms with E-state index in [4.69, 9.17) is 9.47 Å². The third kappa shape index (κ3) is 5.13. The lowest BCUT2D eigenvalue weighted by molar-refractivity contribution is -0.129. The minimum absolute atomic E-state index is 0.0858. The lowest BCUT2D eigenvalue weighted by Crippen LogP contribution is -2.61. The van der Waals surface area contributed by atoms with E-state index in [0.29, 0.717) is 25.1 Å². The quantitative estimate of drug-likeness (QED) is 0.713. The standard InChI is InChI=1S/C20H29N3O4/c1-26-16-9-7-15(8-10-16)22-19(25)23-20(11-3-2-4-12-20)18(24)21-14-17-6-5-13-27-17/h7-10,17H,2-6,11-14H2,1H3,(H,21,24)(H2,22,23,25). The van der Waals surface area contributed by atoms with Gasteiger partial charge in [0.05, 0.1) is 13.2 Å². The second-order valence-corrected chi connectivity index (χ2v) is 7.30. The lowest BCUT2D eigenvalue weighted by atomic mass is 9.81. The van der Waals surface area contributed by atoms with Crippen LogP contribution in [-0.2, 0) is 9.53 Å². The Balaban J connectivity index is 1.60. The summed E-state index contributed by atoms with van der Waals surface area (Å²) in [7, 11) is 1.59. The SMILES string of the molecule is COc1ccc(NC(=O)NC2(C(=O)NCC3CCCO3)CCCCC2)cc1. The second kappa shape index (κ2) is 9.08. The van der Waals surface area contributed by atoms with E-state index in [1.165, 1.54) is 0 Å². The van der Waals surface area contributed by atoms with E-state index >= 15 is 0 Å². The van der Waals surface area contributed by atoms with Gasteiger partial charge in [-0.25, -0.2) is 4.79 Å². The summed E-state index contributed by atoms with van der Waals surface area (Å²) in [5.74, 6) is 0.612. The molecule has 1 atom stereocenters. The Labute approximate surface area is 160 Å². The van der Waals surface area contributed by atoms with Crippen LogP contribution in [0.1, 0.15) is 44.9 Å². The molecule has 1 heterocycles. The van der Waals surface area contributed by atoms with Gasteiger partial charge >= 0.3 is 6.03 Å². The summed E-state index contributed by atoms with van der Waals surface area (Å²) >= 11 is 0. The lowest BCUT2D eigenvalue weighted by Gasteiger charge is -2.36. The molecule has 2 fully saturated rings. The monoisotopic (exact) mass is 375 g/mol. The zero-order valence-electron chi connectivity index (χ0n) is 15.9. The molecule has 7 heteroatoms. The molecule has 148 valence electrons. The molecular formula is C20H29N3O4. The van der Waals surface area contributed by atoms with Gasteiger partial charge in [-0.05, 0) is 49.9 Å². The molecule has 7 nitrogen and oxygen atoms in total. The first kappa shape index (κ1) is 19.5. The summed E-state index contributed by atoms with van der Waals surface area (Å²) in [5.41, 5.74) is -0.202. The molecule has 3 rings (SSSR count). The number of ether oxygens (including phenoxy) is 2. The number of amides is 3. The van der Waals surface area contributed by atoms with Gasteiger partial charge in [-0.15, -0.1) is 0 Å². The Kier molecular flexibility index (Phi) is 6.55. The predicted octanol–water partition coefficient (Wildman–Crippen LogP) is 2.81. The molecule has 1 aliphatic carbocycles. The van der Waals surface area contributed by atoms with Gasteiger partial charge in [0.25, 0.3) is 0 Å². The molecule has 2 aliphatic rings. The van der Waals surface area contributed by atoms with Crippen molar-refractivity contribution in [2.75, 3.05) is 25.6 Å². The zero-order valence-corrected chi connectivity index (χ0v) is 15.9. The highest BCUT2D eigenvalue weighted by molar-refractivity contribution is 5.96. The first-order chi connectivity index (χ1) is 13.1. The number of hydrogen-bond acceptors (Lipinski definition) is 4. The van der Waals surface area contributed by atoms with Crippen LogP contribution in [0.15, 0.2) is 24.3 Å². The average molecular weight is 375 g/mol. The molecule has 1 unspecified atom stereocenters. The molecule has 0 bridgehead atoms. The third-order valence-electron chi connectivity index (χ3n) is 5.36. The molecule has 0 spiro atoms. The Morgan fingerprint density at radius 1 is 1.15 bits per heavy atom.